The maximum atomic E-state index is 13.2. The van der Waals surface area contributed by atoms with E-state index in [9.17, 15) is 9.59 Å². The van der Waals surface area contributed by atoms with Crippen LogP contribution >= 0.6 is 0 Å². The average molecular weight is 424 g/mol. The number of ether oxygens (including phenoxy) is 2. The van der Waals surface area contributed by atoms with Crippen molar-refractivity contribution >= 4 is 17.5 Å². The van der Waals surface area contributed by atoms with Gasteiger partial charge in [-0.2, -0.15) is 0 Å². The minimum atomic E-state index is -0.206. The third kappa shape index (κ3) is 4.81. The molecule has 0 radical (unpaired) electrons. The molecule has 1 atom stereocenters. The lowest BCUT2D eigenvalue weighted by Gasteiger charge is -2.20. The minimum absolute atomic E-state index is 0.0857. The van der Waals surface area contributed by atoms with Crippen molar-refractivity contribution in [2.24, 2.45) is 0 Å². The molecule has 1 N–H and O–H groups in total. The monoisotopic (exact) mass is 423 g/mol. The van der Waals surface area contributed by atoms with Gasteiger partial charge in [-0.25, -0.2) is 0 Å². The molecule has 1 aromatic heterocycles. The van der Waals surface area contributed by atoms with Crippen molar-refractivity contribution in [3.8, 4) is 11.5 Å². The Balaban J connectivity index is 1.49. The van der Waals surface area contributed by atoms with Crippen molar-refractivity contribution in [1.82, 2.24) is 9.88 Å². The lowest BCUT2D eigenvalue weighted by Crippen LogP contribution is -2.27. The van der Waals surface area contributed by atoms with Gasteiger partial charge in [0.15, 0.2) is 11.5 Å². The van der Waals surface area contributed by atoms with E-state index in [1.807, 2.05) is 29.2 Å². The van der Waals surface area contributed by atoms with Gasteiger partial charge in [0.25, 0.3) is 0 Å². The molecule has 2 fully saturated rings. The molecule has 7 nitrogen and oxygen atoms in total. The zero-order chi connectivity index (χ0) is 21.8. The standard InChI is InChI=1S/C24H29N3O4/c1-16(28)26-21-14-25-11-9-18(21)15-27-12-10-20(24(27)29)17-7-8-22(30-2)23(13-17)31-19-5-3-4-6-19/h7-9,11,13-14,19-20H,3-6,10,12,15H2,1-2H3,(H,26,28)/t20-/m1/s1. The smallest absolute Gasteiger partial charge is 0.230 e. The van der Waals surface area contributed by atoms with Crippen LogP contribution in [0.2, 0.25) is 0 Å². The predicted octanol–water partition coefficient (Wildman–Crippen LogP) is 3.89. The van der Waals surface area contributed by atoms with Gasteiger partial charge < -0.3 is 19.7 Å². The van der Waals surface area contributed by atoms with Crippen LogP contribution in [0.4, 0.5) is 5.69 Å². The number of anilines is 1. The number of pyridine rings is 1. The van der Waals surface area contributed by atoms with Crippen LogP contribution < -0.4 is 14.8 Å². The molecule has 4 rings (SSSR count). The van der Waals surface area contributed by atoms with Crippen LogP contribution in [-0.4, -0.2) is 41.5 Å². The number of hydrogen-bond donors (Lipinski definition) is 1. The van der Waals surface area contributed by atoms with Gasteiger partial charge in [-0.15, -0.1) is 0 Å². The second-order valence-corrected chi connectivity index (χ2v) is 8.25. The Labute approximate surface area is 182 Å². The molecule has 0 spiro atoms. The van der Waals surface area contributed by atoms with Gasteiger partial charge in [-0.3, -0.25) is 14.6 Å². The number of rotatable bonds is 7. The van der Waals surface area contributed by atoms with Gasteiger partial charge in [0.1, 0.15) is 0 Å². The first-order valence-corrected chi connectivity index (χ1v) is 10.9. The number of nitrogens with one attached hydrogen (secondary N) is 1. The molecule has 2 amide bonds. The molecular formula is C24H29N3O4. The number of carbonyl (C=O) groups is 2. The maximum Gasteiger partial charge on any atom is 0.230 e. The molecule has 1 saturated carbocycles. The summed E-state index contributed by atoms with van der Waals surface area (Å²) in [7, 11) is 1.64. The number of nitrogens with zero attached hydrogens (tertiary/aromatic N) is 2. The summed E-state index contributed by atoms with van der Waals surface area (Å²) in [5.74, 6) is 1.15. The summed E-state index contributed by atoms with van der Waals surface area (Å²) in [5, 5.41) is 2.79. The Morgan fingerprint density at radius 1 is 1.19 bits per heavy atom. The van der Waals surface area contributed by atoms with E-state index in [0.717, 1.165) is 36.1 Å². The van der Waals surface area contributed by atoms with Crippen LogP contribution in [-0.2, 0) is 16.1 Å². The van der Waals surface area contributed by atoms with Crippen LogP contribution in [0.3, 0.4) is 0 Å². The largest absolute Gasteiger partial charge is 0.493 e. The quantitative estimate of drug-likeness (QED) is 0.731. The molecule has 2 aromatic rings. The van der Waals surface area contributed by atoms with Gasteiger partial charge in [0.05, 0.1) is 31.0 Å². The highest BCUT2D eigenvalue weighted by molar-refractivity contribution is 5.90. The van der Waals surface area contributed by atoms with E-state index in [0.29, 0.717) is 24.5 Å². The molecule has 0 unspecified atom stereocenters. The normalized spacial score (nSPS) is 19.0. The molecule has 31 heavy (non-hydrogen) atoms. The first-order chi connectivity index (χ1) is 15.0. The number of hydrogen-bond acceptors (Lipinski definition) is 5. The number of likely N-dealkylation sites (tertiary alicyclic amines) is 1. The van der Waals surface area contributed by atoms with E-state index >= 15 is 0 Å². The molecule has 1 aliphatic carbocycles. The number of methoxy groups -OCH3 is 1. The Kier molecular flexibility index (Phi) is 6.39. The van der Waals surface area contributed by atoms with Gasteiger partial charge in [0, 0.05) is 26.2 Å². The predicted molar refractivity (Wildman–Crippen MR) is 117 cm³/mol. The molecule has 0 bridgehead atoms. The molecule has 1 aliphatic heterocycles. The third-order valence-electron chi connectivity index (χ3n) is 6.07. The fourth-order valence-electron chi connectivity index (χ4n) is 4.46. The van der Waals surface area contributed by atoms with Crippen LogP contribution in [0.15, 0.2) is 36.7 Å². The topological polar surface area (TPSA) is 80.8 Å². The number of carbonyl (C=O) groups excluding carboxylic acids is 2. The van der Waals surface area contributed by atoms with Crippen molar-refractivity contribution in [2.45, 2.75) is 57.6 Å². The first-order valence-electron chi connectivity index (χ1n) is 10.9. The van der Waals surface area contributed by atoms with Gasteiger partial charge in [0.2, 0.25) is 11.8 Å². The van der Waals surface area contributed by atoms with E-state index in [1.54, 1.807) is 19.5 Å². The maximum absolute atomic E-state index is 13.2. The minimum Gasteiger partial charge on any atom is -0.493 e. The van der Waals surface area contributed by atoms with Crippen molar-refractivity contribution < 1.29 is 19.1 Å². The Bertz CT molecular complexity index is 956. The van der Waals surface area contributed by atoms with E-state index in [2.05, 4.69) is 10.3 Å². The summed E-state index contributed by atoms with van der Waals surface area (Å²) < 4.78 is 11.7. The molecular weight excluding hydrogens is 394 g/mol. The highest BCUT2D eigenvalue weighted by Gasteiger charge is 2.34. The van der Waals surface area contributed by atoms with Gasteiger partial charge in [-0.05, 0) is 61.4 Å². The Hall–Kier alpha value is -3.09. The van der Waals surface area contributed by atoms with Crippen molar-refractivity contribution in [2.75, 3.05) is 19.0 Å². The van der Waals surface area contributed by atoms with Crippen molar-refractivity contribution in [3.63, 3.8) is 0 Å². The second-order valence-electron chi connectivity index (χ2n) is 8.25. The molecule has 7 heteroatoms. The highest BCUT2D eigenvalue weighted by Crippen LogP contribution is 2.37. The molecule has 2 aliphatic rings. The zero-order valence-corrected chi connectivity index (χ0v) is 18.1. The molecule has 1 saturated heterocycles. The second kappa shape index (κ2) is 9.37. The Morgan fingerprint density at radius 3 is 2.74 bits per heavy atom. The zero-order valence-electron chi connectivity index (χ0n) is 18.1. The van der Waals surface area contributed by atoms with Crippen LogP contribution in [0, 0.1) is 0 Å². The lowest BCUT2D eigenvalue weighted by molar-refractivity contribution is -0.129. The fourth-order valence-corrected chi connectivity index (χ4v) is 4.46. The van der Waals surface area contributed by atoms with Gasteiger partial charge >= 0.3 is 0 Å². The summed E-state index contributed by atoms with van der Waals surface area (Å²) in [6.45, 7) is 2.56. The van der Waals surface area contributed by atoms with Crippen LogP contribution in [0.1, 0.15) is 56.1 Å². The summed E-state index contributed by atoms with van der Waals surface area (Å²) in [4.78, 5) is 30.6. The third-order valence-corrected chi connectivity index (χ3v) is 6.07. The molecule has 164 valence electrons. The van der Waals surface area contributed by atoms with E-state index in [1.165, 1.54) is 19.8 Å². The first kappa shape index (κ1) is 21.2. The van der Waals surface area contributed by atoms with Crippen LogP contribution in [0.25, 0.3) is 0 Å². The van der Waals surface area contributed by atoms with Crippen molar-refractivity contribution in [1.29, 1.82) is 0 Å². The summed E-state index contributed by atoms with van der Waals surface area (Å²) in [5.41, 5.74) is 2.47. The van der Waals surface area contributed by atoms with E-state index in [-0.39, 0.29) is 23.8 Å². The number of aromatic nitrogens is 1. The van der Waals surface area contributed by atoms with E-state index in [4.69, 9.17) is 9.47 Å². The summed E-state index contributed by atoms with van der Waals surface area (Å²) >= 11 is 0. The molecule has 1 aromatic carbocycles. The van der Waals surface area contributed by atoms with Gasteiger partial charge in [-0.1, -0.05) is 6.07 Å². The van der Waals surface area contributed by atoms with E-state index < -0.39 is 0 Å². The van der Waals surface area contributed by atoms with Crippen LogP contribution in [0.5, 0.6) is 11.5 Å². The average Bonchev–Trinajstić information content (AvgIpc) is 3.39. The number of benzene rings is 1. The fraction of sp³-hybridized carbons (Fsp3) is 0.458. The Morgan fingerprint density at radius 2 is 2.00 bits per heavy atom. The SMILES string of the molecule is COc1ccc([C@H]2CCN(Cc3ccncc3NC(C)=O)C2=O)cc1OC1CCCC1. The number of amides is 2. The highest BCUT2D eigenvalue weighted by atomic mass is 16.5. The lowest BCUT2D eigenvalue weighted by atomic mass is 9.97. The summed E-state index contributed by atoms with van der Waals surface area (Å²) in [6.07, 6.45) is 8.77. The summed E-state index contributed by atoms with van der Waals surface area (Å²) in [6, 6.07) is 7.67. The molecule has 2 heterocycles. The van der Waals surface area contributed by atoms with Crippen molar-refractivity contribution in [3.05, 3.63) is 47.8 Å².